The lowest BCUT2D eigenvalue weighted by Gasteiger charge is -2.09. The van der Waals surface area contributed by atoms with E-state index in [0.29, 0.717) is 10.6 Å². The van der Waals surface area contributed by atoms with Gasteiger partial charge in [-0.1, -0.05) is 0 Å². The number of ether oxygens (including phenoxy) is 1. The lowest BCUT2D eigenvalue weighted by molar-refractivity contribution is -0.140. The van der Waals surface area contributed by atoms with E-state index in [1.807, 2.05) is 0 Å². The third-order valence-electron chi connectivity index (χ3n) is 2.22. The maximum Gasteiger partial charge on any atom is 0.416 e. The van der Waals surface area contributed by atoms with Crippen molar-refractivity contribution in [2.24, 2.45) is 0 Å². The molecule has 0 N–H and O–H groups in total. The van der Waals surface area contributed by atoms with Crippen LogP contribution in [0.1, 0.15) is 17.5 Å². The molecule has 3 nitrogen and oxygen atoms in total. The van der Waals surface area contributed by atoms with Crippen molar-refractivity contribution in [3.8, 4) is 6.07 Å². The quantitative estimate of drug-likeness (QED) is 0.630. The van der Waals surface area contributed by atoms with Gasteiger partial charge in [-0.25, -0.2) is 0 Å². The highest BCUT2D eigenvalue weighted by molar-refractivity contribution is 7.99. The summed E-state index contributed by atoms with van der Waals surface area (Å²) in [5.74, 6) is -0.0647. The Bertz CT molecular complexity index is 509. The first-order valence-electron chi connectivity index (χ1n) is 5.19. The molecule has 0 radical (unpaired) electrons. The smallest absolute Gasteiger partial charge is 0.416 e. The Balaban J connectivity index is 2.80. The van der Waals surface area contributed by atoms with Crippen molar-refractivity contribution in [2.75, 3.05) is 12.9 Å². The molecular formula is C12H10F3NO2S. The van der Waals surface area contributed by atoms with E-state index in [2.05, 4.69) is 4.74 Å². The molecule has 1 aromatic carbocycles. The lowest BCUT2D eigenvalue weighted by Crippen LogP contribution is -2.05. The molecule has 0 saturated heterocycles. The standard InChI is InChI=1S/C12H10F3NO2S/c1-18-11(17)4-5-19-10-3-2-9(12(13,14)15)6-8(10)7-16/h2-3,6H,4-5H2,1H3. The van der Waals surface area contributed by atoms with E-state index in [4.69, 9.17) is 5.26 Å². The van der Waals surface area contributed by atoms with Gasteiger partial charge >= 0.3 is 12.1 Å². The summed E-state index contributed by atoms with van der Waals surface area (Å²) >= 11 is 1.14. The number of nitrogens with zero attached hydrogens (tertiary/aromatic N) is 1. The zero-order valence-corrected chi connectivity index (χ0v) is 10.8. The maximum atomic E-state index is 12.5. The number of hydrogen-bond acceptors (Lipinski definition) is 4. The van der Waals surface area contributed by atoms with E-state index in [9.17, 15) is 18.0 Å². The summed E-state index contributed by atoms with van der Waals surface area (Å²) in [4.78, 5) is 11.3. The molecule has 0 spiro atoms. The van der Waals surface area contributed by atoms with E-state index in [-0.39, 0.29) is 12.0 Å². The highest BCUT2D eigenvalue weighted by Gasteiger charge is 2.31. The first-order valence-corrected chi connectivity index (χ1v) is 6.18. The van der Waals surface area contributed by atoms with Crippen LogP contribution in [-0.2, 0) is 15.7 Å². The zero-order chi connectivity index (χ0) is 14.5. The fourth-order valence-electron chi connectivity index (χ4n) is 1.27. The third kappa shape index (κ3) is 4.48. The largest absolute Gasteiger partial charge is 0.469 e. The van der Waals surface area contributed by atoms with Gasteiger partial charge in [0.1, 0.15) is 6.07 Å². The van der Waals surface area contributed by atoms with E-state index >= 15 is 0 Å². The number of methoxy groups -OCH3 is 1. The number of benzene rings is 1. The Morgan fingerprint density at radius 3 is 2.68 bits per heavy atom. The number of carbonyl (C=O) groups is 1. The molecule has 0 atom stereocenters. The predicted octanol–water partition coefficient (Wildman–Crippen LogP) is 3.23. The highest BCUT2D eigenvalue weighted by atomic mass is 32.2. The van der Waals surface area contributed by atoms with Crippen LogP contribution in [0.15, 0.2) is 23.1 Å². The fourth-order valence-corrected chi connectivity index (χ4v) is 2.18. The molecule has 102 valence electrons. The summed E-state index contributed by atoms with van der Waals surface area (Å²) < 4.78 is 41.8. The predicted molar refractivity (Wildman–Crippen MR) is 63.5 cm³/mol. The minimum Gasteiger partial charge on any atom is -0.469 e. The zero-order valence-electron chi connectivity index (χ0n) is 9.95. The van der Waals surface area contributed by atoms with Crippen molar-refractivity contribution in [1.82, 2.24) is 0 Å². The van der Waals surface area contributed by atoms with Crippen LogP contribution in [0.4, 0.5) is 13.2 Å². The van der Waals surface area contributed by atoms with Gasteiger partial charge in [-0.3, -0.25) is 4.79 Å². The topological polar surface area (TPSA) is 50.1 Å². The molecule has 0 aliphatic heterocycles. The van der Waals surface area contributed by atoms with Crippen LogP contribution >= 0.6 is 11.8 Å². The van der Waals surface area contributed by atoms with Crippen molar-refractivity contribution in [2.45, 2.75) is 17.5 Å². The molecule has 0 aliphatic rings. The van der Waals surface area contributed by atoms with Crippen LogP contribution < -0.4 is 0 Å². The number of carbonyl (C=O) groups excluding carboxylic acids is 1. The molecule has 0 fully saturated rings. The molecule has 0 heterocycles. The number of halogens is 3. The first kappa shape index (κ1) is 15.4. The average molecular weight is 289 g/mol. The van der Waals surface area contributed by atoms with Gasteiger partial charge in [-0.05, 0) is 18.2 Å². The normalized spacial score (nSPS) is 10.9. The molecule has 0 aromatic heterocycles. The molecule has 0 bridgehead atoms. The van der Waals surface area contributed by atoms with Crippen molar-refractivity contribution in [1.29, 1.82) is 5.26 Å². The van der Waals surface area contributed by atoms with Gasteiger partial charge in [0.05, 0.1) is 24.7 Å². The summed E-state index contributed by atoms with van der Waals surface area (Å²) in [6, 6.07) is 4.69. The van der Waals surface area contributed by atoms with Crippen LogP contribution in [-0.4, -0.2) is 18.8 Å². The van der Waals surface area contributed by atoms with Crippen molar-refractivity contribution >= 4 is 17.7 Å². The van der Waals surface area contributed by atoms with Gasteiger partial charge in [0.25, 0.3) is 0 Å². The summed E-state index contributed by atoms with van der Waals surface area (Å²) in [6.07, 6.45) is -4.34. The van der Waals surface area contributed by atoms with Gasteiger partial charge in [0.2, 0.25) is 0 Å². The maximum absolute atomic E-state index is 12.5. The summed E-state index contributed by atoms with van der Waals surface area (Å²) in [6.45, 7) is 0. The number of nitriles is 1. The number of alkyl halides is 3. The fraction of sp³-hybridized carbons (Fsp3) is 0.333. The van der Waals surface area contributed by atoms with Gasteiger partial charge in [0.15, 0.2) is 0 Å². The van der Waals surface area contributed by atoms with Crippen LogP contribution in [0.3, 0.4) is 0 Å². The monoisotopic (exact) mass is 289 g/mol. The Labute approximate surface area is 112 Å². The molecular weight excluding hydrogens is 279 g/mol. The van der Waals surface area contributed by atoms with E-state index in [1.165, 1.54) is 13.2 Å². The van der Waals surface area contributed by atoms with Crippen LogP contribution in [0.5, 0.6) is 0 Å². The van der Waals surface area contributed by atoms with Gasteiger partial charge in [-0.15, -0.1) is 11.8 Å². The molecule has 0 unspecified atom stereocenters. The minimum absolute atomic E-state index is 0.0512. The second-order valence-corrected chi connectivity index (χ2v) is 4.63. The van der Waals surface area contributed by atoms with Crippen LogP contribution in [0, 0.1) is 11.3 Å². The van der Waals surface area contributed by atoms with Gasteiger partial charge < -0.3 is 4.74 Å². The minimum atomic E-state index is -4.47. The number of thioether (sulfide) groups is 1. The molecule has 0 amide bonds. The highest BCUT2D eigenvalue weighted by Crippen LogP contribution is 2.33. The van der Waals surface area contributed by atoms with Crippen LogP contribution in [0.25, 0.3) is 0 Å². The Hall–Kier alpha value is -1.68. The van der Waals surface area contributed by atoms with Crippen molar-refractivity contribution in [3.05, 3.63) is 29.3 Å². The second-order valence-electron chi connectivity index (χ2n) is 3.50. The molecule has 0 aliphatic carbocycles. The van der Waals surface area contributed by atoms with Crippen LogP contribution in [0.2, 0.25) is 0 Å². The Morgan fingerprint density at radius 2 is 2.16 bits per heavy atom. The van der Waals surface area contributed by atoms with Crippen molar-refractivity contribution < 1.29 is 22.7 Å². The second kappa shape index (κ2) is 6.48. The number of rotatable bonds is 4. The Morgan fingerprint density at radius 1 is 1.47 bits per heavy atom. The van der Waals surface area contributed by atoms with Gasteiger partial charge in [0, 0.05) is 10.6 Å². The molecule has 1 rings (SSSR count). The third-order valence-corrected chi connectivity index (χ3v) is 3.29. The summed E-state index contributed by atoms with van der Waals surface area (Å²) in [7, 11) is 1.26. The van der Waals surface area contributed by atoms with Gasteiger partial charge in [-0.2, -0.15) is 18.4 Å². The summed E-state index contributed by atoms with van der Waals surface area (Å²) in [5.41, 5.74) is -0.911. The molecule has 7 heteroatoms. The first-order chi connectivity index (χ1) is 8.88. The van der Waals surface area contributed by atoms with E-state index < -0.39 is 17.7 Å². The SMILES string of the molecule is COC(=O)CCSc1ccc(C(F)(F)F)cc1C#N. The van der Waals surface area contributed by atoms with E-state index in [1.54, 1.807) is 6.07 Å². The molecule has 0 saturated carbocycles. The lowest BCUT2D eigenvalue weighted by atomic mass is 10.1. The van der Waals surface area contributed by atoms with E-state index in [0.717, 1.165) is 23.9 Å². The Kier molecular flexibility index (Phi) is 5.24. The number of hydrogen-bond donors (Lipinski definition) is 0. The average Bonchev–Trinajstić information content (AvgIpc) is 2.37. The molecule has 1 aromatic rings. The number of esters is 1. The summed E-state index contributed by atoms with van der Waals surface area (Å²) in [5, 5.41) is 8.84. The molecule has 19 heavy (non-hydrogen) atoms. The van der Waals surface area contributed by atoms with Crippen molar-refractivity contribution in [3.63, 3.8) is 0 Å².